The van der Waals surface area contributed by atoms with Gasteiger partial charge in [-0.25, -0.2) is 9.78 Å². The van der Waals surface area contributed by atoms with Crippen molar-refractivity contribution in [3.8, 4) is 5.75 Å². The van der Waals surface area contributed by atoms with Gasteiger partial charge in [-0.2, -0.15) is 0 Å². The number of unbranched alkanes of at least 4 members (excludes halogenated alkanes) is 3. The molecule has 0 saturated heterocycles. The zero-order chi connectivity index (χ0) is 25.6. The number of aromatic nitrogens is 1. The molecule has 2 aromatic rings. The fourth-order valence-corrected chi connectivity index (χ4v) is 3.13. The van der Waals surface area contributed by atoms with Crippen LogP contribution in [0.2, 0.25) is 0 Å². The molecular weight excluding hydrogens is 448 g/mol. The zero-order valence-electron chi connectivity index (χ0n) is 20.2. The van der Waals surface area contributed by atoms with Crippen LogP contribution >= 0.6 is 0 Å². The highest BCUT2D eigenvalue weighted by atomic mass is 16.5. The van der Waals surface area contributed by atoms with E-state index in [9.17, 15) is 9.59 Å². The van der Waals surface area contributed by atoms with E-state index in [2.05, 4.69) is 27.5 Å². The van der Waals surface area contributed by atoms with Gasteiger partial charge in [-0.3, -0.25) is 4.79 Å². The van der Waals surface area contributed by atoms with Crippen LogP contribution in [0.15, 0.2) is 46.6 Å². The lowest BCUT2D eigenvalue weighted by atomic mass is 10.1. The van der Waals surface area contributed by atoms with Gasteiger partial charge in [-0.05, 0) is 50.1 Å². The molecule has 0 aliphatic carbocycles. The molecule has 1 aromatic carbocycles. The van der Waals surface area contributed by atoms with E-state index in [1.165, 1.54) is 0 Å². The monoisotopic (exact) mass is 484 g/mol. The van der Waals surface area contributed by atoms with Gasteiger partial charge in [-0.15, -0.1) is 10.2 Å². The maximum Gasteiger partial charge on any atom is 0.328 e. The number of nitrogens with two attached hydrogens (primary N) is 4. The van der Waals surface area contributed by atoms with Crippen molar-refractivity contribution < 1.29 is 14.3 Å². The van der Waals surface area contributed by atoms with Crippen molar-refractivity contribution in [2.75, 3.05) is 17.6 Å². The van der Waals surface area contributed by atoms with E-state index in [1.54, 1.807) is 36.4 Å². The minimum Gasteiger partial charge on any atom is -0.423 e. The van der Waals surface area contributed by atoms with Gasteiger partial charge in [0.25, 0.3) is 0 Å². The highest BCUT2D eigenvalue weighted by Crippen LogP contribution is 2.31. The number of nitrogens with one attached hydrogen (secondary N) is 1. The number of para-hydroxylation sites is 1. The van der Waals surface area contributed by atoms with Gasteiger partial charge in [0, 0.05) is 0 Å². The van der Waals surface area contributed by atoms with Gasteiger partial charge >= 0.3 is 5.97 Å². The number of pyridine rings is 1. The lowest BCUT2D eigenvalue weighted by molar-refractivity contribution is -0.136. The van der Waals surface area contributed by atoms with Gasteiger partial charge in [-0.1, -0.05) is 44.7 Å². The largest absolute Gasteiger partial charge is 0.423 e. The average Bonchev–Trinajstić information content (AvgIpc) is 2.84. The Labute approximate surface area is 205 Å². The molecule has 0 saturated carbocycles. The number of hydrogen-bond acceptors (Lipinski definition) is 10. The smallest absolute Gasteiger partial charge is 0.328 e. The molecule has 11 heteroatoms. The first kappa shape index (κ1) is 27.8. The van der Waals surface area contributed by atoms with Crippen molar-refractivity contribution in [3.05, 3.63) is 36.4 Å². The normalized spacial score (nSPS) is 12.9. The Morgan fingerprint density at radius 2 is 1.66 bits per heavy atom. The van der Waals surface area contributed by atoms with Crippen molar-refractivity contribution in [3.63, 3.8) is 0 Å². The Hall–Kier alpha value is -3.41. The number of nitrogens with zero attached hydrogens (tertiary/aromatic N) is 3. The number of amides is 1. The van der Waals surface area contributed by atoms with Crippen LogP contribution in [-0.2, 0) is 9.59 Å². The number of esters is 1. The fraction of sp³-hybridized carbons (Fsp3) is 0.458. The number of anilines is 2. The van der Waals surface area contributed by atoms with Gasteiger partial charge in [0.15, 0.2) is 11.6 Å². The summed E-state index contributed by atoms with van der Waals surface area (Å²) < 4.78 is 5.45. The quantitative estimate of drug-likeness (QED) is 0.116. The molecule has 1 aromatic heterocycles. The highest BCUT2D eigenvalue weighted by molar-refractivity contribution is 5.94. The molecule has 1 amide bonds. The van der Waals surface area contributed by atoms with Gasteiger partial charge in [0.1, 0.15) is 23.2 Å². The average molecular weight is 485 g/mol. The summed E-state index contributed by atoms with van der Waals surface area (Å²) in [5.41, 5.74) is 23.9. The SMILES string of the molecule is CCCCC[C@H](N)C(=O)Oc1ccccc1/N=N/c1ccc(NC(=O)[C@@H](N)CCCCN)nc1N. The molecule has 2 atom stereocenters. The van der Waals surface area contributed by atoms with Crippen LogP contribution in [0.4, 0.5) is 23.0 Å². The molecule has 0 fully saturated rings. The second kappa shape index (κ2) is 14.8. The van der Waals surface area contributed by atoms with Crippen LogP contribution in [-0.4, -0.2) is 35.5 Å². The predicted molar refractivity (Wildman–Crippen MR) is 137 cm³/mol. The highest BCUT2D eigenvalue weighted by Gasteiger charge is 2.17. The van der Waals surface area contributed by atoms with E-state index in [0.717, 1.165) is 32.1 Å². The Balaban J connectivity index is 2.03. The molecular formula is C24H36N8O3. The van der Waals surface area contributed by atoms with Crippen molar-refractivity contribution in [1.29, 1.82) is 0 Å². The number of hydrogen-bond donors (Lipinski definition) is 5. The number of carbonyl (C=O) groups excluding carboxylic acids is 2. The number of nitrogen functional groups attached to an aromatic ring is 1. The maximum atomic E-state index is 12.3. The molecule has 190 valence electrons. The van der Waals surface area contributed by atoms with E-state index in [4.69, 9.17) is 27.7 Å². The van der Waals surface area contributed by atoms with Crippen LogP contribution in [0, 0.1) is 0 Å². The minimum absolute atomic E-state index is 0.0654. The van der Waals surface area contributed by atoms with Crippen molar-refractivity contribution in [2.45, 2.75) is 64.0 Å². The van der Waals surface area contributed by atoms with Crippen molar-refractivity contribution in [1.82, 2.24) is 4.98 Å². The maximum absolute atomic E-state index is 12.3. The first-order chi connectivity index (χ1) is 16.8. The van der Waals surface area contributed by atoms with Gasteiger partial charge in [0.05, 0.1) is 6.04 Å². The summed E-state index contributed by atoms with van der Waals surface area (Å²) in [5, 5.41) is 10.9. The van der Waals surface area contributed by atoms with Crippen LogP contribution in [0.1, 0.15) is 51.9 Å². The molecule has 9 N–H and O–H groups in total. The molecule has 0 aliphatic heterocycles. The van der Waals surface area contributed by atoms with Crippen LogP contribution in [0.3, 0.4) is 0 Å². The molecule has 2 rings (SSSR count). The van der Waals surface area contributed by atoms with Gasteiger partial charge in [0.2, 0.25) is 5.91 Å². The molecule has 11 nitrogen and oxygen atoms in total. The summed E-state index contributed by atoms with van der Waals surface area (Å²) in [6, 6.07) is 8.48. The first-order valence-corrected chi connectivity index (χ1v) is 11.9. The number of benzene rings is 1. The third kappa shape index (κ3) is 9.39. The standard InChI is InChI=1S/C24H36N8O3/c1-2-3-4-10-17(27)24(34)35-20-12-6-5-11-18(20)31-32-19-13-14-21(29-22(19)28)30-23(33)16(26)9-7-8-15-25/h5-6,11-14,16-17H,2-4,7-10,15,25-27H2,1H3,(H3,28,29,30,33)/b32-31+/t16-,17-/m0/s1. The van der Waals surface area contributed by atoms with Crippen LogP contribution in [0.25, 0.3) is 0 Å². The fourth-order valence-electron chi connectivity index (χ4n) is 3.13. The van der Waals surface area contributed by atoms with Crippen molar-refractivity contribution >= 4 is 34.9 Å². The molecule has 0 unspecified atom stereocenters. The van der Waals surface area contributed by atoms with Crippen LogP contribution < -0.4 is 33.0 Å². The molecule has 1 heterocycles. The molecule has 35 heavy (non-hydrogen) atoms. The third-order valence-corrected chi connectivity index (χ3v) is 5.22. The Kier molecular flexibility index (Phi) is 11.7. The van der Waals surface area contributed by atoms with E-state index >= 15 is 0 Å². The number of carbonyl (C=O) groups is 2. The Morgan fingerprint density at radius 3 is 2.37 bits per heavy atom. The third-order valence-electron chi connectivity index (χ3n) is 5.22. The topological polar surface area (TPSA) is 197 Å². The molecule has 0 spiro atoms. The summed E-state index contributed by atoms with van der Waals surface area (Å²) in [4.78, 5) is 28.7. The second-order valence-electron chi connectivity index (χ2n) is 8.17. The number of azo groups is 1. The Bertz CT molecular complexity index is 998. The Morgan fingerprint density at radius 1 is 0.971 bits per heavy atom. The summed E-state index contributed by atoms with van der Waals surface area (Å²) in [6.45, 7) is 2.64. The van der Waals surface area contributed by atoms with Gasteiger partial charge < -0.3 is 33.0 Å². The molecule has 0 bridgehead atoms. The second-order valence-corrected chi connectivity index (χ2v) is 8.17. The van der Waals surface area contributed by atoms with E-state index in [1.807, 2.05) is 0 Å². The van der Waals surface area contributed by atoms with E-state index in [0.29, 0.717) is 25.1 Å². The minimum atomic E-state index is -0.706. The zero-order valence-corrected chi connectivity index (χ0v) is 20.2. The predicted octanol–water partition coefficient (Wildman–Crippen LogP) is 3.29. The van der Waals surface area contributed by atoms with E-state index in [-0.39, 0.29) is 29.0 Å². The van der Waals surface area contributed by atoms with Crippen molar-refractivity contribution in [2.24, 2.45) is 27.4 Å². The summed E-state index contributed by atoms with van der Waals surface area (Å²) in [6.07, 6.45) is 5.56. The number of rotatable bonds is 14. The first-order valence-electron chi connectivity index (χ1n) is 11.9. The van der Waals surface area contributed by atoms with Crippen LogP contribution in [0.5, 0.6) is 5.75 Å². The summed E-state index contributed by atoms with van der Waals surface area (Å²) in [7, 11) is 0. The van der Waals surface area contributed by atoms with E-state index < -0.39 is 18.1 Å². The lowest BCUT2D eigenvalue weighted by Gasteiger charge is -2.12. The molecule has 0 aliphatic rings. The summed E-state index contributed by atoms with van der Waals surface area (Å²) in [5.74, 6) is -0.313. The molecule has 0 radical (unpaired) electrons. The number of ether oxygens (including phenoxy) is 1. The summed E-state index contributed by atoms with van der Waals surface area (Å²) >= 11 is 0. The lowest BCUT2D eigenvalue weighted by Crippen LogP contribution is -2.35.